The smallest absolute Gasteiger partial charge is 0.243 e. The molecule has 1 aromatic carbocycles. The van der Waals surface area contributed by atoms with Crippen LogP contribution in [0.15, 0.2) is 29.2 Å². The minimum Gasteiger partial charge on any atom is -0.353 e. The highest BCUT2D eigenvalue weighted by Crippen LogP contribution is 2.23. The molecule has 2 atom stereocenters. The van der Waals surface area contributed by atoms with Crippen LogP contribution in [0.25, 0.3) is 0 Å². The maximum absolute atomic E-state index is 12.9. The van der Waals surface area contributed by atoms with E-state index in [1.165, 1.54) is 4.31 Å². The molecule has 6 nitrogen and oxygen atoms in total. The Morgan fingerprint density at radius 1 is 1.04 bits per heavy atom. The van der Waals surface area contributed by atoms with Gasteiger partial charge in [-0.05, 0) is 50.8 Å². The summed E-state index contributed by atoms with van der Waals surface area (Å²) in [6.45, 7) is 11.9. The predicted octanol–water partition coefficient (Wildman–Crippen LogP) is 2.42. The Balaban J connectivity index is 2.01. The third-order valence-electron chi connectivity index (χ3n) is 5.33. The third kappa shape index (κ3) is 5.30. The number of hydrogen-bond donors (Lipinski definition) is 1. The van der Waals surface area contributed by atoms with Gasteiger partial charge < -0.3 is 5.32 Å². The Morgan fingerprint density at radius 2 is 1.59 bits per heavy atom. The molecule has 27 heavy (non-hydrogen) atoms. The van der Waals surface area contributed by atoms with Crippen LogP contribution in [0.5, 0.6) is 0 Å². The Hall–Kier alpha value is -1.44. The van der Waals surface area contributed by atoms with E-state index in [-0.39, 0.29) is 18.0 Å². The van der Waals surface area contributed by atoms with E-state index in [0.29, 0.717) is 37.0 Å². The summed E-state index contributed by atoms with van der Waals surface area (Å²) in [6, 6.07) is 7.09. The molecule has 0 bridgehead atoms. The molecule has 152 valence electrons. The fraction of sp³-hybridized carbons (Fsp3) is 0.650. The highest BCUT2D eigenvalue weighted by atomic mass is 32.2. The second kappa shape index (κ2) is 9.17. The van der Waals surface area contributed by atoms with E-state index in [0.717, 1.165) is 12.0 Å². The number of nitrogens with zero attached hydrogens (tertiary/aromatic N) is 2. The average Bonchev–Trinajstić information content (AvgIpc) is 2.66. The van der Waals surface area contributed by atoms with Crippen molar-refractivity contribution in [3.05, 3.63) is 29.8 Å². The average molecular weight is 396 g/mol. The summed E-state index contributed by atoms with van der Waals surface area (Å²) in [7, 11) is -3.49. The summed E-state index contributed by atoms with van der Waals surface area (Å²) in [4.78, 5) is 14.6. The van der Waals surface area contributed by atoms with Gasteiger partial charge in [0.25, 0.3) is 0 Å². The number of rotatable bonds is 7. The molecule has 1 amide bonds. The van der Waals surface area contributed by atoms with E-state index in [1.54, 1.807) is 12.1 Å². The number of sulfonamides is 1. The van der Waals surface area contributed by atoms with Crippen molar-refractivity contribution < 1.29 is 13.2 Å². The van der Waals surface area contributed by atoms with Crippen LogP contribution in [0, 0.1) is 0 Å². The number of carbonyl (C=O) groups is 1. The lowest BCUT2D eigenvalue weighted by Crippen LogP contribution is -2.55. The molecular formula is C20H33N3O3S. The maximum atomic E-state index is 12.9. The van der Waals surface area contributed by atoms with Crippen LogP contribution >= 0.6 is 0 Å². The van der Waals surface area contributed by atoms with Gasteiger partial charge in [0.05, 0.1) is 10.9 Å². The van der Waals surface area contributed by atoms with E-state index in [2.05, 4.69) is 19.2 Å². The zero-order valence-corrected chi connectivity index (χ0v) is 17.9. The second-order valence-corrected chi connectivity index (χ2v) is 9.60. The molecule has 1 saturated heterocycles. The summed E-state index contributed by atoms with van der Waals surface area (Å²) < 4.78 is 27.4. The van der Waals surface area contributed by atoms with Crippen LogP contribution in [0.3, 0.4) is 0 Å². The van der Waals surface area contributed by atoms with Crippen LogP contribution in [0.2, 0.25) is 0 Å². The van der Waals surface area contributed by atoms with E-state index in [1.807, 2.05) is 37.8 Å². The van der Waals surface area contributed by atoms with Gasteiger partial charge in [0.15, 0.2) is 0 Å². The molecule has 0 aromatic heterocycles. The van der Waals surface area contributed by atoms with Crippen molar-refractivity contribution in [3.8, 4) is 0 Å². The van der Waals surface area contributed by atoms with E-state index >= 15 is 0 Å². The first-order chi connectivity index (χ1) is 12.7. The SMILES string of the molecule is CCC(C)c1ccc(S(=O)(=O)N2CCN(C(C)C(=O)NC(C)C)CC2)cc1. The first kappa shape index (κ1) is 21.9. The third-order valence-corrected chi connectivity index (χ3v) is 7.24. The Kier molecular flexibility index (Phi) is 7.42. The first-order valence-electron chi connectivity index (χ1n) is 9.81. The zero-order valence-electron chi connectivity index (χ0n) is 17.1. The molecule has 1 aliphatic heterocycles. The minimum absolute atomic E-state index is 0.0121. The molecule has 0 aliphatic carbocycles. The number of benzene rings is 1. The fourth-order valence-electron chi connectivity index (χ4n) is 3.26. The van der Waals surface area contributed by atoms with Crippen molar-refractivity contribution in [1.29, 1.82) is 0 Å². The molecular weight excluding hydrogens is 362 g/mol. The van der Waals surface area contributed by atoms with Crippen molar-refractivity contribution in [2.45, 2.75) is 63.9 Å². The van der Waals surface area contributed by atoms with Crippen LogP contribution in [-0.2, 0) is 14.8 Å². The summed E-state index contributed by atoms with van der Waals surface area (Å²) in [5.41, 5.74) is 1.16. The highest BCUT2D eigenvalue weighted by Gasteiger charge is 2.31. The zero-order chi connectivity index (χ0) is 20.2. The van der Waals surface area contributed by atoms with Gasteiger partial charge in [-0.1, -0.05) is 26.0 Å². The van der Waals surface area contributed by atoms with E-state index in [9.17, 15) is 13.2 Å². The quantitative estimate of drug-likeness (QED) is 0.770. The highest BCUT2D eigenvalue weighted by molar-refractivity contribution is 7.89. The largest absolute Gasteiger partial charge is 0.353 e. The molecule has 1 N–H and O–H groups in total. The number of hydrogen-bond acceptors (Lipinski definition) is 4. The Bertz CT molecular complexity index is 723. The van der Waals surface area contributed by atoms with Crippen LogP contribution in [-0.4, -0.2) is 61.8 Å². The summed E-state index contributed by atoms with van der Waals surface area (Å²) in [6.07, 6.45) is 1.02. The van der Waals surface area contributed by atoms with Gasteiger partial charge in [0, 0.05) is 32.2 Å². The molecule has 0 spiro atoms. The molecule has 7 heteroatoms. The van der Waals surface area contributed by atoms with E-state index < -0.39 is 10.0 Å². The fourth-order valence-corrected chi connectivity index (χ4v) is 4.68. The Labute approximate surface area is 164 Å². The van der Waals surface area contributed by atoms with Gasteiger partial charge in [-0.2, -0.15) is 4.31 Å². The number of amides is 1. The lowest BCUT2D eigenvalue weighted by molar-refractivity contribution is -0.126. The number of piperazine rings is 1. The van der Waals surface area contributed by atoms with Crippen molar-refractivity contribution in [2.75, 3.05) is 26.2 Å². The van der Waals surface area contributed by atoms with Gasteiger partial charge in [-0.15, -0.1) is 0 Å². The normalized spacial score (nSPS) is 19.0. The van der Waals surface area contributed by atoms with Crippen molar-refractivity contribution in [2.24, 2.45) is 0 Å². The molecule has 1 heterocycles. The molecule has 2 rings (SSSR count). The molecule has 2 unspecified atom stereocenters. The predicted molar refractivity (Wildman–Crippen MR) is 108 cm³/mol. The lowest BCUT2D eigenvalue weighted by atomic mass is 9.99. The van der Waals surface area contributed by atoms with Crippen LogP contribution in [0.4, 0.5) is 0 Å². The maximum Gasteiger partial charge on any atom is 0.243 e. The number of nitrogens with one attached hydrogen (secondary N) is 1. The van der Waals surface area contributed by atoms with Crippen LogP contribution in [0.1, 0.15) is 52.5 Å². The van der Waals surface area contributed by atoms with Crippen molar-refractivity contribution in [3.63, 3.8) is 0 Å². The van der Waals surface area contributed by atoms with Crippen LogP contribution < -0.4 is 5.32 Å². The summed E-state index contributed by atoms with van der Waals surface area (Å²) in [5.74, 6) is 0.408. The van der Waals surface area contributed by atoms with Gasteiger partial charge >= 0.3 is 0 Å². The van der Waals surface area contributed by atoms with E-state index in [4.69, 9.17) is 0 Å². The summed E-state index contributed by atoms with van der Waals surface area (Å²) >= 11 is 0. The molecule has 0 saturated carbocycles. The van der Waals surface area contributed by atoms with Gasteiger partial charge in [0.2, 0.25) is 15.9 Å². The van der Waals surface area contributed by atoms with Gasteiger partial charge in [-0.25, -0.2) is 8.42 Å². The topological polar surface area (TPSA) is 69.7 Å². The monoisotopic (exact) mass is 395 g/mol. The summed E-state index contributed by atoms with van der Waals surface area (Å²) in [5, 5.41) is 2.91. The molecule has 1 aliphatic rings. The second-order valence-electron chi connectivity index (χ2n) is 7.66. The van der Waals surface area contributed by atoms with Gasteiger partial charge in [-0.3, -0.25) is 9.69 Å². The molecule has 0 radical (unpaired) electrons. The first-order valence-corrected chi connectivity index (χ1v) is 11.2. The number of carbonyl (C=O) groups excluding carboxylic acids is 1. The minimum atomic E-state index is -3.49. The molecule has 1 fully saturated rings. The standard InChI is InChI=1S/C20H33N3O3S/c1-6-16(4)18-7-9-19(10-8-18)27(25,26)23-13-11-22(12-14-23)17(5)20(24)21-15(2)3/h7-10,15-17H,6,11-14H2,1-5H3,(H,21,24). The van der Waals surface area contributed by atoms with Crippen molar-refractivity contribution >= 4 is 15.9 Å². The lowest BCUT2D eigenvalue weighted by Gasteiger charge is -2.37. The van der Waals surface area contributed by atoms with Gasteiger partial charge in [0.1, 0.15) is 0 Å². The Morgan fingerprint density at radius 3 is 2.07 bits per heavy atom. The molecule has 1 aromatic rings. The van der Waals surface area contributed by atoms with Crippen molar-refractivity contribution in [1.82, 2.24) is 14.5 Å².